The summed E-state index contributed by atoms with van der Waals surface area (Å²) in [7, 11) is 1.58. The Kier molecular flexibility index (Phi) is 3.61. The Balaban J connectivity index is 2.26. The predicted octanol–water partition coefficient (Wildman–Crippen LogP) is 4.09. The molecule has 1 aromatic carbocycles. The molecule has 3 rings (SSSR count). The zero-order valence-electron chi connectivity index (χ0n) is 10.1. The molecule has 0 saturated heterocycles. The number of rotatable bonds is 3. The van der Waals surface area contributed by atoms with Crippen LogP contribution >= 0.6 is 38.2 Å². The van der Waals surface area contributed by atoms with Gasteiger partial charge in [-0.2, -0.15) is 5.10 Å². The fourth-order valence-electron chi connectivity index (χ4n) is 2.03. The lowest BCUT2D eigenvalue weighted by molar-refractivity contribution is 0.608. The second kappa shape index (κ2) is 5.02. The fourth-order valence-corrected chi connectivity index (χ4v) is 4.33. The first-order chi connectivity index (χ1) is 9.39. The molecule has 0 unspecified atom stereocenters. The van der Waals surface area contributed by atoms with Crippen molar-refractivity contribution < 1.29 is 8.42 Å². The van der Waals surface area contributed by atoms with E-state index in [1.165, 1.54) is 4.68 Å². The Morgan fingerprint density at radius 2 is 1.95 bits per heavy atom. The van der Waals surface area contributed by atoms with Crippen LogP contribution in [0, 0.1) is 0 Å². The van der Waals surface area contributed by atoms with Gasteiger partial charge in [-0.05, 0) is 40.9 Å². The van der Waals surface area contributed by atoms with Gasteiger partial charge in [-0.15, -0.1) is 0 Å². The molecule has 0 bridgehead atoms. The van der Waals surface area contributed by atoms with Crippen molar-refractivity contribution in [2.45, 2.75) is 23.7 Å². The van der Waals surface area contributed by atoms with E-state index < -0.39 is 9.05 Å². The monoisotopic (exact) mass is 394 g/mol. The zero-order valence-corrected chi connectivity index (χ0v) is 14.0. The van der Waals surface area contributed by atoms with Crippen LogP contribution in [0.1, 0.15) is 24.5 Å². The van der Waals surface area contributed by atoms with Crippen LogP contribution in [0.5, 0.6) is 0 Å². The van der Waals surface area contributed by atoms with Crippen LogP contribution in [0.15, 0.2) is 33.6 Å². The molecule has 0 atom stereocenters. The molecule has 1 aliphatic rings. The summed E-state index contributed by atoms with van der Waals surface area (Å²) in [6, 6.07) is 7.30. The summed E-state index contributed by atoms with van der Waals surface area (Å²) in [5.41, 5.74) is 1.13. The largest absolute Gasteiger partial charge is 0.266 e. The lowest BCUT2D eigenvalue weighted by atomic mass is 10.3. The Hall–Kier alpha value is -0.560. The van der Waals surface area contributed by atoms with Crippen molar-refractivity contribution in [2.75, 3.05) is 0 Å². The highest BCUT2D eigenvalue weighted by atomic mass is 79.9. The molecule has 4 nitrogen and oxygen atoms in total. The van der Waals surface area contributed by atoms with Gasteiger partial charge in [0, 0.05) is 21.1 Å². The average molecular weight is 396 g/mol. The standard InChI is InChI=1S/C12H9BrCl2N2O2S/c13-8-3-1-2-4-9(8)17-12(14)11(20(15,18)19)10(16-17)7-5-6-7/h1-4,7H,5-6H2. The van der Waals surface area contributed by atoms with Crippen LogP contribution < -0.4 is 0 Å². The zero-order chi connectivity index (χ0) is 14.5. The van der Waals surface area contributed by atoms with Gasteiger partial charge in [-0.25, -0.2) is 13.1 Å². The molecule has 1 aromatic heterocycles. The van der Waals surface area contributed by atoms with E-state index in [1.807, 2.05) is 18.2 Å². The van der Waals surface area contributed by atoms with E-state index in [0.717, 1.165) is 17.3 Å². The molecule has 20 heavy (non-hydrogen) atoms. The van der Waals surface area contributed by atoms with E-state index in [-0.39, 0.29) is 16.0 Å². The highest BCUT2D eigenvalue weighted by Gasteiger charge is 2.36. The Labute approximate surface area is 134 Å². The van der Waals surface area contributed by atoms with Crippen molar-refractivity contribution >= 4 is 47.3 Å². The molecule has 0 N–H and O–H groups in total. The first-order valence-corrected chi connectivity index (χ1v) is 9.35. The summed E-state index contributed by atoms with van der Waals surface area (Å²) in [4.78, 5) is -0.0703. The third kappa shape index (κ3) is 2.50. The summed E-state index contributed by atoms with van der Waals surface area (Å²) in [5.74, 6) is 0.125. The van der Waals surface area contributed by atoms with E-state index in [9.17, 15) is 8.42 Å². The number of halogens is 3. The Morgan fingerprint density at radius 3 is 2.50 bits per heavy atom. The van der Waals surface area contributed by atoms with Crippen molar-refractivity contribution in [3.63, 3.8) is 0 Å². The van der Waals surface area contributed by atoms with Crippen LogP contribution in [-0.2, 0) is 9.05 Å². The maximum absolute atomic E-state index is 11.8. The predicted molar refractivity (Wildman–Crippen MR) is 81.3 cm³/mol. The average Bonchev–Trinajstić information content (AvgIpc) is 3.13. The fraction of sp³-hybridized carbons (Fsp3) is 0.250. The van der Waals surface area contributed by atoms with Gasteiger partial charge in [0.2, 0.25) is 0 Å². The highest BCUT2D eigenvalue weighted by molar-refractivity contribution is 9.10. The molecule has 106 valence electrons. The first kappa shape index (κ1) is 14.4. The van der Waals surface area contributed by atoms with Gasteiger partial charge in [-0.1, -0.05) is 23.7 Å². The number of benzene rings is 1. The molecule has 2 aromatic rings. The molecule has 0 radical (unpaired) electrons. The maximum Gasteiger partial charge on any atom is 0.266 e. The lowest BCUT2D eigenvalue weighted by Gasteiger charge is -2.05. The molecule has 8 heteroatoms. The minimum Gasteiger partial charge on any atom is -0.219 e. The minimum atomic E-state index is -3.93. The molecule has 0 aliphatic heterocycles. The minimum absolute atomic E-state index is 0.0220. The molecule has 1 heterocycles. The van der Waals surface area contributed by atoms with Crippen LogP contribution in [-0.4, -0.2) is 18.2 Å². The van der Waals surface area contributed by atoms with Gasteiger partial charge in [0.05, 0.1) is 11.4 Å². The van der Waals surface area contributed by atoms with E-state index in [4.69, 9.17) is 22.3 Å². The van der Waals surface area contributed by atoms with Gasteiger partial charge >= 0.3 is 0 Å². The molecule has 1 aliphatic carbocycles. The number of aromatic nitrogens is 2. The molecule has 1 fully saturated rings. The van der Waals surface area contributed by atoms with Crippen molar-refractivity contribution in [1.82, 2.24) is 9.78 Å². The Bertz CT molecular complexity index is 785. The number of hydrogen-bond acceptors (Lipinski definition) is 3. The van der Waals surface area contributed by atoms with Gasteiger partial charge in [-0.3, -0.25) is 0 Å². The van der Waals surface area contributed by atoms with Crippen molar-refractivity contribution in [3.05, 3.63) is 39.6 Å². The van der Waals surface area contributed by atoms with Gasteiger partial charge in [0.15, 0.2) is 5.15 Å². The normalized spacial score (nSPS) is 15.6. The van der Waals surface area contributed by atoms with Crippen molar-refractivity contribution in [3.8, 4) is 5.69 Å². The quantitative estimate of drug-likeness (QED) is 0.735. The second-order valence-electron chi connectivity index (χ2n) is 4.58. The van der Waals surface area contributed by atoms with E-state index in [0.29, 0.717) is 11.4 Å². The molecule has 0 spiro atoms. The molecular weight excluding hydrogens is 387 g/mol. The first-order valence-electron chi connectivity index (χ1n) is 5.87. The number of para-hydroxylation sites is 1. The SMILES string of the molecule is O=S(=O)(Cl)c1c(C2CC2)nn(-c2ccccc2Br)c1Cl. The second-order valence-corrected chi connectivity index (χ2v) is 8.30. The van der Waals surface area contributed by atoms with Crippen LogP contribution in [0.25, 0.3) is 5.69 Å². The van der Waals surface area contributed by atoms with Gasteiger partial charge < -0.3 is 0 Å². The third-order valence-electron chi connectivity index (χ3n) is 3.10. The smallest absolute Gasteiger partial charge is 0.219 e. The van der Waals surface area contributed by atoms with Crippen LogP contribution in [0.3, 0.4) is 0 Å². The number of nitrogens with zero attached hydrogens (tertiary/aromatic N) is 2. The summed E-state index contributed by atoms with van der Waals surface area (Å²) in [5, 5.41) is 4.38. The number of hydrogen-bond donors (Lipinski definition) is 0. The van der Waals surface area contributed by atoms with E-state index in [1.54, 1.807) is 6.07 Å². The summed E-state index contributed by atoms with van der Waals surface area (Å²) < 4.78 is 25.7. The maximum atomic E-state index is 11.8. The van der Waals surface area contributed by atoms with E-state index in [2.05, 4.69) is 21.0 Å². The molecular formula is C12H9BrCl2N2O2S. The van der Waals surface area contributed by atoms with Crippen LogP contribution in [0.4, 0.5) is 0 Å². The topological polar surface area (TPSA) is 52.0 Å². The van der Waals surface area contributed by atoms with Crippen molar-refractivity contribution in [1.29, 1.82) is 0 Å². The summed E-state index contributed by atoms with van der Waals surface area (Å²) in [6.45, 7) is 0. The van der Waals surface area contributed by atoms with Crippen molar-refractivity contribution in [2.24, 2.45) is 0 Å². The van der Waals surface area contributed by atoms with Crippen LogP contribution in [0.2, 0.25) is 5.15 Å². The molecule has 1 saturated carbocycles. The summed E-state index contributed by atoms with van der Waals surface area (Å²) >= 11 is 9.61. The Morgan fingerprint density at radius 1 is 1.30 bits per heavy atom. The highest BCUT2D eigenvalue weighted by Crippen LogP contribution is 2.45. The molecule has 0 amide bonds. The third-order valence-corrected chi connectivity index (χ3v) is 5.59. The van der Waals surface area contributed by atoms with Gasteiger partial charge in [0.25, 0.3) is 9.05 Å². The lowest BCUT2D eigenvalue weighted by Crippen LogP contribution is -1.98. The van der Waals surface area contributed by atoms with Gasteiger partial charge in [0.1, 0.15) is 4.90 Å². The summed E-state index contributed by atoms with van der Waals surface area (Å²) in [6.07, 6.45) is 1.81. The van der Waals surface area contributed by atoms with E-state index >= 15 is 0 Å².